The van der Waals surface area contributed by atoms with Gasteiger partial charge in [0.1, 0.15) is 11.4 Å². The second-order valence-corrected chi connectivity index (χ2v) is 6.73. The first-order valence-corrected chi connectivity index (χ1v) is 9.58. The normalized spacial score (nSPS) is 15.6. The molecule has 0 aliphatic carbocycles. The molecule has 0 aromatic heterocycles. The molecule has 0 bridgehead atoms. The molecule has 0 spiro atoms. The lowest BCUT2D eigenvalue weighted by atomic mass is 10.1. The zero-order chi connectivity index (χ0) is 20.9. The molecular formula is C22H22N2O6. The zero-order valence-electron chi connectivity index (χ0n) is 16.6. The number of hydrogen-bond donors (Lipinski definition) is 1. The van der Waals surface area contributed by atoms with Crippen LogP contribution in [0.4, 0.5) is 0 Å². The van der Waals surface area contributed by atoms with Crippen LogP contribution in [-0.2, 0) is 9.53 Å². The van der Waals surface area contributed by atoms with Crippen LogP contribution in [0.2, 0.25) is 0 Å². The molecule has 2 aromatic rings. The van der Waals surface area contributed by atoms with E-state index in [1.54, 1.807) is 53.4 Å². The van der Waals surface area contributed by atoms with Crippen molar-refractivity contribution >= 4 is 17.9 Å². The maximum absolute atomic E-state index is 13.2. The van der Waals surface area contributed by atoms with Crippen LogP contribution in [0.5, 0.6) is 17.2 Å². The van der Waals surface area contributed by atoms with Crippen molar-refractivity contribution < 1.29 is 28.5 Å². The molecule has 1 saturated heterocycles. The molecule has 0 atom stereocenters. The Morgan fingerprint density at radius 2 is 1.83 bits per heavy atom. The van der Waals surface area contributed by atoms with Crippen LogP contribution in [-0.4, -0.2) is 56.9 Å². The number of para-hydroxylation sites is 1. The van der Waals surface area contributed by atoms with Gasteiger partial charge in [-0.25, -0.2) is 0 Å². The number of rotatable bonds is 5. The van der Waals surface area contributed by atoms with Gasteiger partial charge in [-0.15, -0.1) is 0 Å². The first-order chi connectivity index (χ1) is 14.7. The number of morpholine rings is 1. The number of benzene rings is 2. The summed E-state index contributed by atoms with van der Waals surface area (Å²) in [5, 5.41) is 2.76. The van der Waals surface area contributed by atoms with Crippen molar-refractivity contribution in [2.24, 2.45) is 0 Å². The van der Waals surface area contributed by atoms with E-state index in [9.17, 15) is 9.59 Å². The number of hydrogen-bond acceptors (Lipinski definition) is 6. The molecule has 2 aliphatic heterocycles. The third-order valence-electron chi connectivity index (χ3n) is 4.84. The fourth-order valence-corrected chi connectivity index (χ4v) is 3.28. The van der Waals surface area contributed by atoms with Crippen LogP contribution in [0.15, 0.2) is 48.2 Å². The van der Waals surface area contributed by atoms with Crippen molar-refractivity contribution in [2.75, 3.05) is 40.2 Å². The van der Waals surface area contributed by atoms with E-state index in [0.717, 1.165) is 0 Å². The fraction of sp³-hybridized carbons (Fsp3) is 0.273. The van der Waals surface area contributed by atoms with Crippen LogP contribution >= 0.6 is 0 Å². The van der Waals surface area contributed by atoms with E-state index >= 15 is 0 Å². The monoisotopic (exact) mass is 410 g/mol. The van der Waals surface area contributed by atoms with Gasteiger partial charge >= 0.3 is 0 Å². The number of fused-ring (bicyclic) bond motifs is 1. The van der Waals surface area contributed by atoms with Gasteiger partial charge in [0.25, 0.3) is 11.8 Å². The minimum atomic E-state index is -0.430. The van der Waals surface area contributed by atoms with Crippen LogP contribution in [0.1, 0.15) is 15.9 Å². The fourth-order valence-electron chi connectivity index (χ4n) is 3.28. The molecule has 8 heteroatoms. The number of nitrogens with one attached hydrogen (secondary N) is 1. The van der Waals surface area contributed by atoms with E-state index in [-0.39, 0.29) is 18.4 Å². The average molecular weight is 410 g/mol. The number of ether oxygens (including phenoxy) is 4. The zero-order valence-corrected chi connectivity index (χ0v) is 16.6. The summed E-state index contributed by atoms with van der Waals surface area (Å²) in [6, 6.07) is 12.2. The third kappa shape index (κ3) is 4.23. The summed E-state index contributed by atoms with van der Waals surface area (Å²) in [4.78, 5) is 27.7. The second kappa shape index (κ2) is 8.87. The van der Waals surface area contributed by atoms with E-state index in [4.69, 9.17) is 18.9 Å². The van der Waals surface area contributed by atoms with Gasteiger partial charge in [-0.2, -0.15) is 0 Å². The number of amides is 2. The summed E-state index contributed by atoms with van der Waals surface area (Å²) < 4.78 is 21.3. The SMILES string of the molecule is COc1ccccc1C(=O)NC(=Cc1ccc2c(c1)OCO2)C(=O)N1CCOCC1. The Hall–Kier alpha value is -3.52. The van der Waals surface area contributed by atoms with Crippen molar-refractivity contribution in [3.8, 4) is 17.2 Å². The lowest BCUT2D eigenvalue weighted by Gasteiger charge is -2.28. The number of methoxy groups -OCH3 is 1. The van der Waals surface area contributed by atoms with E-state index < -0.39 is 5.91 Å². The standard InChI is InChI=1S/C22H22N2O6/c1-27-18-5-3-2-4-16(18)21(25)23-17(22(26)24-8-10-28-11-9-24)12-15-6-7-19-20(13-15)30-14-29-19/h2-7,12-13H,8-11,14H2,1H3,(H,23,25). The molecule has 2 amide bonds. The van der Waals surface area contributed by atoms with Crippen molar-refractivity contribution in [3.63, 3.8) is 0 Å². The van der Waals surface area contributed by atoms with Gasteiger partial charge in [0.2, 0.25) is 6.79 Å². The van der Waals surface area contributed by atoms with Gasteiger partial charge < -0.3 is 29.2 Å². The van der Waals surface area contributed by atoms with Gasteiger partial charge in [-0.3, -0.25) is 9.59 Å². The van der Waals surface area contributed by atoms with Gasteiger partial charge in [-0.05, 0) is 35.9 Å². The molecule has 2 heterocycles. The minimum absolute atomic E-state index is 0.159. The second-order valence-electron chi connectivity index (χ2n) is 6.73. The summed E-state index contributed by atoms with van der Waals surface area (Å²) >= 11 is 0. The highest BCUT2D eigenvalue weighted by atomic mass is 16.7. The predicted molar refractivity (Wildman–Crippen MR) is 108 cm³/mol. The lowest BCUT2D eigenvalue weighted by molar-refractivity contribution is -0.131. The minimum Gasteiger partial charge on any atom is -0.496 e. The van der Waals surface area contributed by atoms with E-state index in [2.05, 4.69) is 5.32 Å². The van der Waals surface area contributed by atoms with E-state index in [1.165, 1.54) is 7.11 Å². The van der Waals surface area contributed by atoms with Crippen LogP contribution in [0, 0.1) is 0 Å². The highest BCUT2D eigenvalue weighted by Gasteiger charge is 2.24. The summed E-state index contributed by atoms with van der Waals surface area (Å²) in [6.07, 6.45) is 1.63. The molecule has 2 aliphatic rings. The molecule has 0 unspecified atom stereocenters. The molecule has 0 radical (unpaired) electrons. The molecule has 8 nitrogen and oxygen atoms in total. The highest BCUT2D eigenvalue weighted by Crippen LogP contribution is 2.33. The van der Waals surface area contributed by atoms with Gasteiger partial charge in [-0.1, -0.05) is 18.2 Å². The van der Waals surface area contributed by atoms with Crippen LogP contribution in [0.25, 0.3) is 6.08 Å². The molecule has 1 N–H and O–H groups in total. The Balaban J connectivity index is 1.64. The largest absolute Gasteiger partial charge is 0.496 e. The maximum atomic E-state index is 13.2. The Kier molecular flexibility index (Phi) is 5.85. The molecule has 156 valence electrons. The molecule has 1 fully saturated rings. The van der Waals surface area contributed by atoms with Crippen molar-refractivity contribution in [1.82, 2.24) is 10.2 Å². The summed E-state index contributed by atoms with van der Waals surface area (Å²) in [5.74, 6) is 0.959. The molecular weight excluding hydrogens is 388 g/mol. The third-order valence-corrected chi connectivity index (χ3v) is 4.84. The quantitative estimate of drug-likeness (QED) is 0.760. The van der Waals surface area contributed by atoms with Gasteiger partial charge in [0.15, 0.2) is 11.5 Å². The average Bonchev–Trinajstić information content (AvgIpc) is 3.26. The first kappa shape index (κ1) is 19.8. The Morgan fingerprint density at radius 1 is 1.07 bits per heavy atom. The van der Waals surface area contributed by atoms with E-state index in [1.807, 2.05) is 0 Å². The smallest absolute Gasteiger partial charge is 0.270 e. The first-order valence-electron chi connectivity index (χ1n) is 9.58. The molecule has 30 heavy (non-hydrogen) atoms. The summed E-state index contributed by atoms with van der Waals surface area (Å²) in [5.41, 5.74) is 1.20. The lowest BCUT2D eigenvalue weighted by Crippen LogP contribution is -2.44. The predicted octanol–water partition coefficient (Wildman–Crippen LogP) is 2.05. The van der Waals surface area contributed by atoms with Crippen LogP contribution < -0.4 is 19.5 Å². The summed E-state index contributed by atoms with van der Waals surface area (Å²) in [7, 11) is 1.49. The number of carbonyl (C=O) groups is 2. The Labute approximate surface area is 174 Å². The van der Waals surface area contributed by atoms with E-state index in [0.29, 0.717) is 54.7 Å². The number of carbonyl (C=O) groups excluding carboxylic acids is 2. The molecule has 4 rings (SSSR count). The van der Waals surface area contributed by atoms with Crippen LogP contribution in [0.3, 0.4) is 0 Å². The Morgan fingerprint density at radius 3 is 2.63 bits per heavy atom. The molecule has 0 saturated carbocycles. The molecule has 2 aromatic carbocycles. The maximum Gasteiger partial charge on any atom is 0.270 e. The van der Waals surface area contributed by atoms with Gasteiger partial charge in [0, 0.05) is 13.1 Å². The highest BCUT2D eigenvalue weighted by molar-refractivity contribution is 6.06. The van der Waals surface area contributed by atoms with Crippen molar-refractivity contribution in [2.45, 2.75) is 0 Å². The van der Waals surface area contributed by atoms with Crippen molar-refractivity contribution in [3.05, 3.63) is 59.3 Å². The Bertz CT molecular complexity index is 981. The van der Waals surface area contributed by atoms with Crippen molar-refractivity contribution in [1.29, 1.82) is 0 Å². The number of nitrogens with zero attached hydrogens (tertiary/aromatic N) is 1. The van der Waals surface area contributed by atoms with Gasteiger partial charge in [0.05, 0.1) is 25.9 Å². The summed E-state index contributed by atoms with van der Waals surface area (Å²) in [6.45, 7) is 2.00. The topological polar surface area (TPSA) is 86.3 Å².